The first kappa shape index (κ1) is 22.5. The van der Waals surface area contributed by atoms with Gasteiger partial charge in [-0.05, 0) is 35.4 Å². The van der Waals surface area contributed by atoms with Gasteiger partial charge in [0.2, 0.25) is 10.0 Å². The second-order valence-corrected chi connectivity index (χ2v) is 11.0. The van der Waals surface area contributed by atoms with Crippen LogP contribution in [0, 0.1) is 0 Å². The number of hydrogen-bond acceptors (Lipinski definition) is 5. The summed E-state index contributed by atoms with van der Waals surface area (Å²) in [6, 6.07) is 23.7. The second-order valence-electron chi connectivity index (χ2n) is 8.02. The van der Waals surface area contributed by atoms with Crippen LogP contribution in [0.5, 0.6) is 0 Å². The van der Waals surface area contributed by atoms with Gasteiger partial charge in [-0.1, -0.05) is 61.5 Å². The van der Waals surface area contributed by atoms with E-state index in [1.807, 2.05) is 55.5 Å². The topological polar surface area (TPSA) is 79.4 Å². The van der Waals surface area contributed by atoms with E-state index in [4.69, 9.17) is 0 Å². The summed E-state index contributed by atoms with van der Waals surface area (Å²) >= 11 is 1.47. The van der Waals surface area contributed by atoms with Crippen LogP contribution in [0.3, 0.4) is 0 Å². The van der Waals surface area contributed by atoms with Gasteiger partial charge in [-0.2, -0.15) is 4.31 Å². The van der Waals surface area contributed by atoms with E-state index in [0.29, 0.717) is 23.8 Å². The van der Waals surface area contributed by atoms with Crippen molar-refractivity contribution in [2.24, 2.45) is 0 Å². The van der Waals surface area contributed by atoms with Crippen molar-refractivity contribution in [2.75, 3.05) is 11.9 Å². The average molecular weight is 490 g/mol. The van der Waals surface area contributed by atoms with Gasteiger partial charge in [-0.15, -0.1) is 11.3 Å². The SMILES string of the molecule is CCN(Cc1ccccc1)S(=O)(=O)c1ccc(C(=O)Nc2nc3c(s2)Cc2ccccc2-3)cc1. The molecule has 0 aliphatic heterocycles. The van der Waals surface area contributed by atoms with Crippen molar-refractivity contribution in [2.45, 2.75) is 24.8 Å². The Morgan fingerprint density at radius 1 is 1.00 bits per heavy atom. The average Bonchev–Trinajstić information content (AvgIpc) is 3.40. The number of sulfonamides is 1. The molecule has 0 atom stereocenters. The number of fused-ring (bicyclic) bond motifs is 3. The summed E-state index contributed by atoms with van der Waals surface area (Å²) in [5.74, 6) is -0.318. The molecule has 1 amide bonds. The molecule has 4 aromatic rings. The molecule has 0 saturated heterocycles. The van der Waals surface area contributed by atoms with Crippen LogP contribution in [0.1, 0.15) is 33.3 Å². The largest absolute Gasteiger partial charge is 0.298 e. The molecule has 6 nitrogen and oxygen atoms in total. The van der Waals surface area contributed by atoms with Gasteiger partial charge in [-0.25, -0.2) is 13.4 Å². The molecule has 1 N–H and O–H groups in total. The molecule has 3 aromatic carbocycles. The summed E-state index contributed by atoms with van der Waals surface area (Å²) in [4.78, 5) is 18.7. The molecule has 0 spiro atoms. The van der Waals surface area contributed by atoms with E-state index in [0.717, 1.165) is 28.1 Å². The number of carbonyl (C=O) groups is 1. The quantitative estimate of drug-likeness (QED) is 0.342. The highest BCUT2D eigenvalue weighted by molar-refractivity contribution is 7.89. The van der Waals surface area contributed by atoms with Gasteiger partial charge in [0, 0.05) is 35.5 Å². The molecule has 1 aliphatic carbocycles. The van der Waals surface area contributed by atoms with Crippen molar-refractivity contribution >= 4 is 32.4 Å². The molecule has 0 saturated carbocycles. The van der Waals surface area contributed by atoms with Crippen molar-refractivity contribution in [1.82, 2.24) is 9.29 Å². The zero-order valence-corrected chi connectivity index (χ0v) is 20.2. The number of amides is 1. The van der Waals surface area contributed by atoms with Crippen molar-refractivity contribution in [3.63, 3.8) is 0 Å². The van der Waals surface area contributed by atoms with Crippen LogP contribution in [0.15, 0.2) is 83.8 Å². The predicted molar refractivity (Wildman–Crippen MR) is 134 cm³/mol. The Bertz CT molecular complexity index is 1450. The summed E-state index contributed by atoms with van der Waals surface area (Å²) in [6.45, 7) is 2.45. The van der Waals surface area contributed by atoms with Crippen LogP contribution in [0.25, 0.3) is 11.3 Å². The number of benzene rings is 3. The molecule has 8 heteroatoms. The Morgan fingerprint density at radius 3 is 2.44 bits per heavy atom. The van der Waals surface area contributed by atoms with Crippen molar-refractivity contribution in [1.29, 1.82) is 0 Å². The minimum absolute atomic E-state index is 0.159. The monoisotopic (exact) mass is 489 g/mol. The van der Waals surface area contributed by atoms with Crippen LogP contribution in [-0.4, -0.2) is 30.2 Å². The first-order valence-electron chi connectivity index (χ1n) is 11.0. The molecular formula is C26H23N3O3S2. The van der Waals surface area contributed by atoms with Gasteiger partial charge in [-0.3, -0.25) is 10.1 Å². The van der Waals surface area contributed by atoms with Gasteiger partial charge in [0.25, 0.3) is 5.91 Å². The molecule has 1 aliphatic rings. The van der Waals surface area contributed by atoms with Crippen molar-refractivity contribution < 1.29 is 13.2 Å². The summed E-state index contributed by atoms with van der Waals surface area (Å²) in [7, 11) is -3.69. The highest BCUT2D eigenvalue weighted by Gasteiger charge is 2.25. The molecule has 0 unspecified atom stereocenters. The molecule has 1 aromatic heterocycles. The number of nitrogens with one attached hydrogen (secondary N) is 1. The first-order chi connectivity index (χ1) is 16.5. The zero-order chi connectivity index (χ0) is 23.7. The van der Waals surface area contributed by atoms with Crippen LogP contribution < -0.4 is 5.32 Å². The lowest BCUT2D eigenvalue weighted by Crippen LogP contribution is -2.30. The van der Waals surface area contributed by atoms with Crippen LogP contribution in [0.2, 0.25) is 0 Å². The number of thiazole rings is 1. The molecule has 34 heavy (non-hydrogen) atoms. The second kappa shape index (κ2) is 9.13. The fraction of sp³-hybridized carbons (Fsp3) is 0.154. The fourth-order valence-corrected chi connectivity index (χ4v) is 6.50. The van der Waals surface area contributed by atoms with Gasteiger partial charge < -0.3 is 0 Å². The Labute approximate surface area is 203 Å². The molecule has 5 rings (SSSR count). The third-order valence-electron chi connectivity index (χ3n) is 5.85. The minimum Gasteiger partial charge on any atom is -0.298 e. The fourth-order valence-electron chi connectivity index (χ4n) is 4.06. The standard InChI is InChI=1S/C26H23N3O3S2/c1-2-29(17-18-8-4-3-5-9-18)34(31,32)21-14-12-19(13-15-21)25(30)28-26-27-24-22-11-7-6-10-20(22)16-23(24)33-26/h3-15H,2,16-17H2,1H3,(H,27,28,30). The number of nitrogens with zero attached hydrogens (tertiary/aromatic N) is 2. The molecule has 1 heterocycles. The minimum atomic E-state index is -3.69. The zero-order valence-electron chi connectivity index (χ0n) is 18.6. The molecule has 0 radical (unpaired) electrons. The number of hydrogen-bond donors (Lipinski definition) is 1. The predicted octanol–water partition coefficient (Wildman–Crippen LogP) is 5.18. The summed E-state index contributed by atoms with van der Waals surface area (Å²) < 4.78 is 27.7. The van der Waals surface area contributed by atoms with Crippen molar-refractivity contribution in [3.05, 3.63) is 100 Å². The smallest absolute Gasteiger partial charge is 0.257 e. The Balaban J connectivity index is 1.30. The van der Waals surface area contributed by atoms with E-state index in [1.165, 1.54) is 45.5 Å². The third-order valence-corrected chi connectivity index (χ3v) is 8.76. The number of aromatic nitrogens is 1. The maximum atomic E-state index is 13.1. The molecule has 0 fully saturated rings. The van der Waals surface area contributed by atoms with E-state index in [1.54, 1.807) is 0 Å². The summed E-state index contributed by atoms with van der Waals surface area (Å²) in [6.07, 6.45) is 0.822. The van der Waals surface area contributed by atoms with Gasteiger partial charge >= 0.3 is 0 Å². The number of anilines is 1. The first-order valence-corrected chi connectivity index (χ1v) is 13.2. The highest BCUT2D eigenvalue weighted by atomic mass is 32.2. The maximum absolute atomic E-state index is 13.1. The lowest BCUT2D eigenvalue weighted by atomic mass is 10.1. The van der Waals surface area contributed by atoms with E-state index in [2.05, 4.69) is 16.4 Å². The summed E-state index contributed by atoms with van der Waals surface area (Å²) in [5, 5.41) is 3.39. The van der Waals surface area contributed by atoms with Crippen LogP contribution in [0.4, 0.5) is 5.13 Å². The summed E-state index contributed by atoms with van der Waals surface area (Å²) in [5.41, 5.74) is 4.58. The van der Waals surface area contributed by atoms with E-state index < -0.39 is 10.0 Å². The van der Waals surface area contributed by atoms with Crippen molar-refractivity contribution in [3.8, 4) is 11.3 Å². The Hall–Kier alpha value is -3.33. The number of rotatable bonds is 7. The van der Waals surface area contributed by atoms with Gasteiger partial charge in [0.05, 0.1) is 10.6 Å². The third kappa shape index (κ3) is 4.27. The lowest BCUT2D eigenvalue weighted by Gasteiger charge is -2.20. The van der Waals surface area contributed by atoms with E-state index in [-0.39, 0.29) is 10.8 Å². The normalized spacial score (nSPS) is 12.4. The molecule has 0 bridgehead atoms. The Morgan fingerprint density at radius 2 is 1.71 bits per heavy atom. The van der Waals surface area contributed by atoms with E-state index >= 15 is 0 Å². The maximum Gasteiger partial charge on any atom is 0.257 e. The molecule has 172 valence electrons. The highest BCUT2D eigenvalue weighted by Crippen LogP contribution is 2.40. The molecular weight excluding hydrogens is 466 g/mol. The number of carbonyl (C=O) groups excluding carboxylic acids is 1. The van der Waals surface area contributed by atoms with Crippen LogP contribution >= 0.6 is 11.3 Å². The van der Waals surface area contributed by atoms with Gasteiger partial charge in [0.1, 0.15) is 0 Å². The van der Waals surface area contributed by atoms with E-state index in [9.17, 15) is 13.2 Å². The lowest BCUT2D eigenvalue weighted by molar-refractivity contribution is 0.102. The van der Waals surface area contributed by atoms with Gasteiger partial charge in [0.15, 0.2) is 5.13 Å². The van der Waals surface area contributed by atoms with Crippen LogP contribution in [-0.2, 0) is 23.0 Å². The Kier molecular flexibility index (Phi) is 6.03.